The van der Waals surface area contributed by atoms with E-state index in [0.717, 1.165) is 11.1 Å². The predicted octanol–water partition coefficient (Wildman–Crippen LogP) is 2.68. The minimum atomic E-state index is -0.272. The van der Waals surface area contributed by atoms with E-state index < -0.39 is 0 Å². The second-order valence-corrected chi connectivity index (χ2v) is 5.82. The Balaban J connectivity index is 1.59. The number of fused-ring (bicyclic) bond motifs is 1. The van der Waals surface area contributed by atoms with Crippen LogP contribution in [0.25, 0.3) is 16.8 Å². The van der Waals surface area contributed by atoms with Gasteiger partial charge >= 0.3 is 0 Å². The summed E-state index contributed by atoms with van der Waals surface area (Å²) in [5.74, 6) is -0.325. The molecule has 4 aromatic rings. The SMILES string of the molecule is Cc1c(F)cccc1-c1ccc2nc(NC(=O)Cn3cccn3)nn2c1. The Kier molecular flexibility index (Phi) is 3.92. The lowest BCUT2D eigenvalue weighted by Crippen LogP contribution is -2.19. The average molecular weight is 350 g/mol. The maximum Gasteiger partial charge on any atom is 0.249 e. The molecule has 0 saturated heterocycles. The van der Waals surface area contributed by atoms with Crippen molar-refractivity contribution in [2.24, 2.45) is 0 Å². The number of hydrogen-bond acceptors (Lipinski definition) is 4. The zero-order chi connectivity index (χ0) is 18.1. The molecule has 0 radical (unpaired) electrons. The van der Waals surface area contributed by atoms with Crippen molar-refractivity contribution in [3.05, 3.63) is 66.4 Å². The number of pyridine rings is 1. The molecule has 0 aliphatic rings. The van der Waals surface area contributed by atoms with Crippen molar-refractivity contribution >= 4 is 17.5 Å². The van der Waals surface area contributed by atoms with Crippen LogP contribution in [0.1, 0.15) is 5.56 Å². The van der Waals surface area contributed by atoms with Crippen LogP contribution in [0.2, 0.25) is 0 Å². The van der Waals surface area contributed by atoms with Crippen molar-refractivity contribution in [2.75, 3.05) is 5.32 Å². The van der Waals surface area contributed by atoms with Gasteiger partial charge in [0.15, 0.2) is 5.65 Å². The molecule has 1 aromatic carbocycles. The van der Waals surface area contributed by atoms with Gasteiger partial charge < -0.3 is 0 Å². The first-order valence-electron chi connectivity index (χ1n) is 7.99. The normalized spacial score (nSPS) is 11.0. The quantitative estimate of drug-likeness (QED) is 0.614. The highest BCUT2D eigenvalue weighted by atomic mass is 19.1. The van der Waals surface area contributed by atoms with Crippen LogP contribution in [0.4, 0.5) is 10.3 Å². The van der Waals surface area contributed by atoms with Gasteiger partial charge in [-0.25, -0.2) is 8.91 Å². The Morgan fingerprint density at radius 1 is 1.23 bits per heavy atom. The molecule has 26 heavy (non-hydrogen) atoms. The smallest absolute Gasteiger partial charge is 0.249 e. The first kappa shape index (κ1) is 15.9. The second kappa shape index (κ2) is 6.40. The Labute approximate surface area is 148 Å². The van der Waals surface area contributed by atoms with Crippen LogP contribution in [-0.2, 0) is 11.3 Å². The number of aromatic nitrogens is 5. The summed E-state index contributed by atoms with van der Waals surface area (Å²) in [5, 5.41) is 10.9. The molecule has 0 fully saturated rings. The third kappa shape index (κ3) is 3.04. The van der Waals surface area contributed by atoms with Gasteiger partial charge in [0.1, 0.15) is 12.4 Å². The Morgan fingerprint density at radius 2 is 2.12 bits per heavy atom. The van der Waals surface area contributed by atoms with Gasteiger partial charge in [-0.15, -0.1) is 5.10 Å². The van der Waals surface area contributed by atoms with E-state index in [9.17, 15) is 9.18 Å². The third-order valence-corrected chi connectivity index (χ3v) is 4.03. The first-order chi connectivity index (χ1) is 12.6. The molecule has 1 N–H and O–H groups in total. The van der Waals surface area contributed by atoms with Crippen LogP contribution in [0.3, 0.4) is 0 Å². The standard InChI is InChI=1S/C18H15FN6O/c1-12-14(4-2-5-15(12)19)13-6-7-16-21-18(23-25(16)10-13)22-17(26)11-24-9-3-8-20-24/h2-10H,11H2,1H3,(H,22,23,26). The fraction of sp³-hybridized carbons (Fsp3) is 0.111. The monoisotopic (exact) mass is 350 g/mol. The molecule has 0 spiro atoms. The van der Waals surface area contributed by atoms with Crippen LogP contribution >= 0.6 is 0 Å². The summed E-state index contributed by atoms with van der Waals surface area (Å²) in [6.45, 7) is 1.81. The minimum absolute atomic E-state index is 0.0797. The number of nitrogens with one attached hydrogen (secondary N) is 1. The lowest BCUT2D eigenvalue weighted by molar-refractivity contribution is -0.116. The molecule has 7 nitrogen and oxygen atoms in total. The van der Waals surface area contributed by atoms with Gasteiger partial charge in [0.05, 0.1) is 0 Å². The highest BCUT2D eigenvalue weighted by Gasteiger charge is 2.11. The van der Waals surface area contributed by atoms with E-state index in [1.54, 1.807) is 48.2 Å². The van der Waals surface area contributed by atoms with Gasteiger partial charge in [-0.1, -0.05) is 12.1 Å². The number of amides is 1. The molecule has 8 heteroatoms. The summed E-state index contributed by atoms with van der Waals surface area (Å²) in [6.07, 6.45) is 5.06. The number of halogens is 1. The zero-order valence-corrected chi connectivity index (χ0v) is 13.9. The largest absolute Gasteiger partial charge is 0.292 e. The molecular weight excluding hydrogens is 335 g/mol. The third-order valence-electron chi connectivity index (χ3n) is 4.03. The number of carbonyl (C=O) groups excluding carboxylic acids is 1. The topological polar surface area (TPSA) is 77.1 Å². The van der Waals surface area contributed by atoms with Crippen LogP contribution < -0.4 is 5.32 Å². The second-order valence-electron chi connectivity index (χ2n) is 5.82. The highest BCUT2D eigenvalue weighted by Crippen LogP contribution is 2.25. The average Bonchev–Trinajstić information content (AvgIpc) is 3.25. The van der Waals surface area contributed by atoms with Crippen LogP contribution in [0.15, 0.2) is 55.0 Å². The van der Waals surface area contributed by atoms with Crippen molar-refractivity contribution < 1.29 is 9.18 Å². The van der Waals surface area contributed by atoms with Crippen molar-refractivity contribution in [2.45, 2.75) is 13.5 Å². The Morgan fingerprint density at radius 3 is 2.92 bits per heavy atom. The molecule has 0 bridgehead atoms. The summed E-state index contributed by atoms with van der Waals surface area (Å²) in [5.41, 5.74) is 2.75. The highest BCUT2D eigenvalue weighted by molar-refractivity contribution is 5.88. The number of anilines is 1. The molecular formula is C18H15FN6O. The van der Waals surface area contributed by atoms with E-state index in [4.69, 9.17) is 0 Å². The molecule has 0 aliphatic heterocycles. The van der Waals surface area contributed by atoms with Gasteiger partial charge in [-0.3, -0.25) is 14.8 Å². The van der Waals surface area contributed by atoms with E-state index in [1.165, 1.54) is 10.7 Å². The Hall–Kier alpha value is -3.55. The molecule has 0 unspecified atom stereocenters. The lowest BCUT2D eigenvalue weighted by Gasteiger charge is -2.06. The van der Waals surface area contributed by atoms with E-state index in [0.29, 0.717) is 11.2 Å². The summed E-state index contributed by atoms with van der Waals surface area (Å²) >= 11 is 0. The van der Waals surface area contributed by atoms with Crippen LogP contribution in [-0.4, -0.2) is 30.3 Å². The van der Waals surface area contributed by atoms with Gasteiger partial charge in [0.25, 0.3) is 0 Å². The number of rotatable bonds is 4. The molecule has 3 aromatic heterocycles. The minimum Gasteiger partial charge on any atom is -0.292 e. The molecule has 4 rings (SSSR count). The number of benzene rings is 1. The van der Waals surface area contributed by atoms with Crippen molar-refractivity contribution in [1.29, 1.82) is 0 Å². The number of hydrogen-bond donors (Lipinski definition) is 1. The van der Waals surface area contributed by atoms with E-state index >= 15 is 0 Å². The summed E-state index contributed by atoms with van der Waals surface area (Å²) < 4.78 is 16.9. The molecule has 0 aliphatic carbocycles. The first-order valence-corrected chi connectivity index (χ1v) is 7.99. The van der Waals surface area contributed by atoms with E-state index in [1.807, 2.05) is 12.1 Å². The predicted molar refractivity (Wildman–Crippen MR) is 94.0 cm³/mol. The molecule has 130 valence electrons. The summed E-state index contributed by atoms with van der Waals surface area (Å²) in [7, 11) is 0. The van der Waals surface area contributed by atoms with Crippen LogP contribution in [0, 0.1) is 12.7 Å². The maximum absolute atomic E-state index is 13.8. The van der Waals surface area contributed by atoms with Crippen molar-refractivity contribution in [1.82, 2.24) is 24.4 Å². The number of carbonyl (C=O) groups is 1. The summed E-state index contributed by atoms with van der Waals surface area (Å²) in [4.78, 5) is 16.3. The lowest BCUT2D eigenvalue weighted by atomic mass is 10.0. The van der Waals surface area contributed by atoms with Crippen LogP contribution in [0.5, 0.6) is 0 Å². The molecule has 0 saturated carbocycles. The Bertz CT molecular complexity index is 1090. The molecule has 0 atom stereocenters. The van der Waals surface area contributed by atoms with E-state index in [-0.39, 0.29) is 24.2 Å². The van der Waals surface area contributed by atoms with Crippen molar-refractivity contribution in [3.63, 3.8) is 0 Å². The van der Waals surface area contributed by atoms with Gasteiger partial charge in [0.2, 0.25) is 11.9 Å². The van der Waals surface area contributed by atoms with Gasteiger partial charge in [-0.05, 0) is 42.3 Å². The van der Waals surface area contributed by atoms with Gasteiger partial charge in [0, 0.05) is 24.2 Å². The zero-order valence-electron chi connectivity index (χ0n) is 13.9. The molecule has 1 amide bonds. The maximum atomic E-state index is 13.8. The fourth-order valence-electron chi connectivity index (χ4n) is 2.72. The van der Waals surface area contributed by atoms with E-state index in [2.05, 4.69) is 20.5 Å². The molecule has 3 heterocycles. The van der Waals surface area contributed by atoms with Gasteiger partial charge in [-0.2, -0.15) is 10.1 Å². The fourth-order valence-corrected chi connectivity index (χ4v) is 2.72. The number of nitrogens with zero attached hydrogens (tertiary/aromatic N) is 5. The summed E-state index contributed by atoms with van der Waals surface area (Å²) in [6, 6.07) is 10.3. The van der Waals surface area contributed by atoms with Crippen molar-refractivity contribution in [3.8, 4) is 11.1 Å².